The number of carboxylic acid groups (broad SMARTS) is 1. The van der Waals surface area contributed by atoms with Gasteiger partial charge in [0.1, 0.15) is 0 Å². The quantitative estimate of drug-likeness (QED) is 0.922. The molecule has 0 aliphatic rings. The van der Waals surface area contributed by atoms with Crippen LogP contribution in [-0.2, 0) is 5.41 Å². The van der Waals surface area contributed by atoms with Crippen LogP contribution in [0.5, 0.6) is 0 Å². The Bertz CT molecular complexity index is 615. The number of carboxylic acids is 1. The maximum absolute atomic E-state index is 11.2. The molecule has 2 aromatic rings. The van der Waals surface area contributed by atoms with E-state index in [1.165, 1.54) is 0 Å². The van der Waals surface area contributed by atoms with Crippen molar-refractivity contribution in [3.05, 3.63) is 40.4 Å². The summed E-state index contributed by atoms with van der Waals surface area (Å²) in [6.45, 7) is 6.04. The molecule has 2 aromatic heterocycles. The molecule has 0 aromatic carbocycles. The van der Waals surface area contributed by atoms with Crippen LogP contribution in [0.2, 0.25) is 0 Å². The zero-order valence-corrected chi connectivity index (χ0v) is 12.5. The Balaban J connectivity index is 2.74. The van der Waals surface area contributed by atoms with Crippen molar-refractivity contribution in [1.82, 2.24) is 14.8 Å². The van der Waals surface area contributed by atoms with Gasteiger partial charge in [-0.3, -0.25) is 4.98 Å². The van der Waals surface area contributed by atoms with Gasteiger partial charge in [-0.25, -0.2) is 9.48 Å². The van der Waals surface area contributed by atoms with E-state index in [1.54, 1.807) is 29.2 Å². The first-order valence-electron chi connectivity index (χ1n) is 5.75. The van der Waals surface area contributed by atoms with E-state index in [4.69, 9.17) is 0 Å². The minimum absolute atomic E-state index is 0.0155. The Kier molecular flexibility index (Phi) is 3.45. The zero-order chi connectivity index (χ0) is 14.2. The molecule has 5 nitrogen and oxygen atoms in total. The summed E-state index contributed by atoms with van der Waals surface area (Å²) in [5.74, 6) is -1.05. The average Bonchev–Trinajstić information content (AvgIpc) is 2.68. The molecule has 0 fully saturated rings. The second-order valence-electron chi connectivity index (χ2n) is 5.18. The van der Waals surface area contributed by atoms with E-state index in [0.717, 1.165) is 11.4 Å². The number of aromatic carboxylic acids is 1. The molecule has 0 atom stereocenters. The number of rotatable bonds is 2. The van der Waals surface area contributed by atoms with E-state index in [-0.39, 0.29) is 11.1 Å². The van der Waals surface area contributed by atoms with E-state index in [1.807, 2.05) is 20.8 Å². The molecule has 1 N–H and O–H groups in total. The van der Waals surface area contributed by atoms with E-state index >= 15 is 0 Å². The van der Waals surface area contributed by atoms with Gasteiger partial charge in [0.05, 0.1) is 15.9 Å². The summed E-state index contributed by atoms with van der Waals surface area (Å²) in [7, 11) is 0. The molecule has 0 saturated carbocycles. The van der Waals surface area contributed by atoms with Crippen LogP contribution >= 0.6 is 15.9 Å². The normalized spacial score (nSPS) is 11.6. The van der Waals surface area contributed by atoms with Crippen molar-refractivity contribution >= 4 is 21.9 Å². The van der Waals surface area contributed by atoms with Crippen LogP contribution < -0.4 is 0 Å². The summed E-state index contributed by atoms with van der Waals surface area (Å²) < 4.78 is 2.17. The van der Waals surface area contributed by atoms with Gasteiger partial charge in [0.2, 0.25) is 0 Å². The smallest absolute Gasteiger partial charge is 0.357 e. The molecular formula is C13H14BrN3O2. The zero-order valence-electron chi connectivity index (χ0n) is 10.9. The molecule has 2 rings (SSSR count). The van der Waals surface area contributed by atoms with E-state index in [9.17, 15) is 9.90 Å². The predicted molar refractivity (Wildman–Crippen MR) is 74.7 cm³/mol. The second-order valence-corrected chi connectivity index (χ2v) is 5.98. The van der Waals surface area contributed by atoms with Crippen LogP contribution in [0.1, 0.15) is 37.0 Å². The predicted octanol–water partition coefficient (Wildman–Crippen LogP) is 3.03. The van der Waals surface area contributed by atoms with E-state index in [2.05, 4.69) is 26.0 Å². The average molecular weight is 324 g/mol. The van der Waals surface area contributed by atoms with Crippen LogP contribution in [0, 0.1) is 0 Å². The van der Waals surface area contributed by atoms with Crippen LogP contribution in [0.25, 0.3) is 5.69 Å². The van der Waals surface area contributed by atoms with Gasteiger partial charge in [-0.15, -0.1) is 0 Å². The lowest BCUT2D eigenvalue weighted by Crippen LogP contribution is -2.18. The van der Waals surface area contributed by atoms with E-state index in [0.29, 0.717) is 4.47 Å². The summed E-state index contributed by atoms with van der Waals surface area (Å²) in [6, 6.07) is 3.58. The summed E-state index contributed by atoms with van der Waals surface area (Å²) in [4.78, 5) is 15.2. The lowest BCUT2D eigenvalue weighted by molar-refractivity contribution is 0.0689. The fourth-order valence-corrected chi connectivity index (χ4v) is 2.87. The van der Waals surface area contributed by atoms with Crippen molar-refractivity contribution in [2.45, 2.75) is 26.2 Å². The molecular weight excluding hydrogens is 310 g/mol. The molecule has 100 valence electrons. The molecule has 0 spiro atoms. The lowest BCUT2D eigenvalue weighted by atomic mass is 9.91. The minimum Gasteiger partial charge on any atom is -0.476 e. The minimum atomic E-state index is -1.05. The van der Waals surface area contributed by atoms with Crippen LogP contribution in [0.4, 0.5) is 0 Å². The van der Waals surface area contributed by atoms with Gasteiger partial charge in [0, 0.05) is 17.8 Å². The molecule has 0 aliphatic carbocycles. The Morgan fingerprint density at radius 3 is 2.37 bits per heavy atom. The molecule has 0 aliphatic heterocycles. The lowest BCUT2D eigenvalue weighted by Gasteiger charge is -2.21. The third-order valence-electron chi connectivity index (χ3n) is 2.65. The topological polar surface area (TPSA) is 68.0 Å². The number of hydrogen-bond donors (Lipinski definition) is 1. The Morgan fingerprint density at radius 2 is 1.89 bits per heavy atom. The fraction of sp³-hybridized carbons (Fsp3) is 0.308. The van der Waals surface area contributed by atoms with Crippen molar-refractivity contribution in [3.8, 4) is 5.69 Å². The van der Waals surface area contributed by atoms with Gasteiger partial charge >= 0.3 is 5.97 Å². The first kappa shape index (κ1) is 13.7. The van der Waals surface area contributed by atoms with Crippen molar-refractivity contribution in [3.63, 3.8) is 0 Å². The third kappa shape index (κ3) is 2.53. The van der Waals surface area contributed by atoms with Gasteiger partial charge in [-0.05, 0) is 28.1 Å². The highest BCUT2D eigenvalue weighted by atomic mass is 79.9. The third-order valence-corrected chi connectivity index (χ3v) is 3.40. The van der Waals surface area contributed by atoms with Crippen molar-refractivity contribution in [1.29, 1.82) is 0 Å². The summed E-state index contributed by atoms with van der Waals surface area (Å²) >= 11 is 3.36. The number of carbonyl (C=O) groups is 1. The molecule has 0 unspecified atom stereocenters. The Hall–Kier alpha value is -1.69. The number of halogens is 1. The van der Waals surface area contributed by atoms with Crippen LogP contribution in [0.3, 0.4) is 0 Å². The molecule has 6 heteroatoms. The molecule has 19 heavy (non-hydrogen) atoms. The van der Waals surface area contributed by atoms with Gasteiger partial charge in [0.15, 0.2) is 5.69 Å². The molecule has 0 radical (unpaired) electrons. The SMILES string of the molecule is CC(C)(C)c1c(Br)c(C(=O)O)nn1-c1ccncc1. The summed E-state index contributed by atoms with van der Waals surface area (Å²) in [5.41, 5.74) is 1.37. The molecule has 0 amide bonds. The van der Waals surface area contributed by atoms with Crippen molar-refractivity contribution in [2.75, 3.05) is 0 Å². The molecule has 0 saturated heterocycles. The standard InChI is InChI=1S/C13H14BrN3O2/c1-13(2,3)11-9(14)10(12(18)19)16-17(11)8-4-6-15-7-5-8/h4-7H,1-3H3,(H,18,19). The second kappa shape index (κ2) is 4.77. The highest BCUT2D eigenvalue weighted by Gasteiger charge is 2.29. The highest BCUT2D eigenvalue weighted by Crippen LogP contribution is 2.34. The Labute approximate surface area is 119 Å². The Morgan fingerprint density at radius 1 is 1.32 bits per heavy atom. The number of nitrogens with zero attached hydrogens (tertiary/aromatic N) is 3. The fourth-order valence-electron chi connectivity index (χ4n) is 1.85. The van der Waals surface area contributed by atoms with Crippen molar-refractivity contribution in [2.24, 2.45) is 0 Å². The molecule has 2 heterocycles. The maximum Gasteiger partial charge on any atom is 0.357 e. The summed E-state index contributed by atoms with van der Waals surface area (Å²) in [6.07, 6.45) is 3.30. The van der Waals surface area contributed by atoms with Gasteiger partial charge < -0.3 is 5.11 Å². The highest BCUT2D eigenvalue weighted by molar-refractivity contribution is 9.10. The monoisotopic (exact) mass is 323 g/mol. The number of aromatic nitrogens is 3. The first-order chi connectivity index (χ1) is 8.82. The van der Waals surface area contributed by atoms with Crippen LogP contribution in [-0.4, -0.2) is 25.8 Å². The number of pyridine rings is 1. The first-order valence-corrected chi connectivity index (χ1v) is 6.54. The maximum atomic E-state index is 11.2. The van der Waals surface area contributed by atoms with E-state index < -0.39 is 5.97 Å². The van der Waals surface area contributed by atoms with Gasteiger partial charge in [0.25, 0.3) is 0 Å². The van der Waals surface area contributed by atoms with Gasteiger partial charge in [-0.1, -0.05) is 20.8 Å². The van der Waals surface area contributed by atoms with Crippen molar-refractivity contribution < 1.29 is 9.90 Å². The number of hydrogen-bond acceptors (Lipinski definition) is 3. The molecule has 0 bridgehead atoms. The largest absolute Gasteiger partial charge is 0.476 e. The van der Waals surface area contributed by atoms with Crippen LogP contribution in [0.15, 0.2) is 29.0 Å². The van der Waals surface area contributed by atoms with Gasteiger partial charge in [-0.2, -0.15) is 5.10 Å². The summed E-state index contributed by atoms with van der Waals surface area (Å²) in [5, 5.41) is 13.4.